The number of nitrogens with zero attached hydrogens (tertiary/aromatic N) is 1. The van der Waals surface area contributed by atoms with Gasteiger partial charge in [-0.1, -0.05) is 42.5 Å². The van der Waals surface area contributed by atoms with Gasteiger partial charge in [0.2, 0.25) is 0 Å². The molecule has 0 aliphatic carbocycles. The van der Waals surface area contributed by atoms with Crippen LogP contribution in [0.1, 0.15) is 42.1 Å². The van der Waals surface area contributed by atoms with Gasteiger partial charge in [-0.25, -0.2) is 0 Å². The molecule has 1 heterocycles. The Morgan fingerprint density at radius 1 is 1.03 bits per heavy atom. The molecule has 1 atom stereocenters. The third kappa shape index (κ3) is 4.71. The molecule has 0 bridgehead atoms. The van der Waals surface area contributed by atoms with Crippen LogP contribution in [0.2, 0.25) is 0 Å². The van der Waals surface area contributed by atoms with Gasteiger partial charge in [0, 0.05) is 18.3 Å². The van der Waals surface area contributed by atoms with Crippen LogP contribution in [0.15, 0.2) is 60.7 Å². The SMILES string of the molecule is Cc1ccccc1NC(=O)c1cc2ccccc2cc1OCC(=O)N1CCCC[C@H]1C. The highest BCUT2D eigenvalue weighted by Crippen LogP contribution is 2.28. The number of rotatable bonds is 5. The number of carbonyl (C=O) groups is 2. The molecule has 1 saturated heterocycles. The highest BCUT2D eigenvalue weighted by Gasteiger charge is 2.24. The monoisotopic (exact) mass is 416 g/mol. The lowest BCUT2D eigenvalue weighted by Crippen LogP contribution is -2.44. The van der Waals surface area contributed by atoms with Crippen LogP contribution in [0.3, 0.4) is 0 Å². The van der Waals surface area contributed by atoms with E-state index in [-0.39, 0.29) is 24.5 Å². The lowest BCUT2D eigenvalue weighted by atomic mass is 10.0. The van der Waals surface area contributed by atoms with Crippen molar-refractivity contribution >= 4 is 28.3 Å². The molecule has 1 aliphatic rings. The number of fused-ring (bicyclic) bond motifs is 1. The molecule has 0 radical (unpaired) electrons. The van der Waals surface area contributed by atoms with Gasteiger partial charge in [0.1, 0.15) is 5.75 Å². The van der Waals surface area contributed by atoms with E-state index in [9.17, 15) is 9.59 Å². The van der Waals surface area contributed by atoms with E-state index in [4.69, 9.17) is 4.74 Å². The van der Waals surface area contributed by atoms with E-state index < -0.39 is 0 Å². The van der Waals surface area contributed by atoms with Gasteiger partial charge in [-0.15, -0.1) is 0 Å². The average Bonchev–Trinajstić information content (AvgIpc) is 2.78. The zero-order valence-electron chi connectivity index (χ0n) is 18.1. The Morgan fingerprint density at radius 3 is 2.48 bits per heavy atom. The predicted octanol–water partition coefficient (Wildman–Crippen LogP) is 5.18. The molecule has 4 rings (SSSR count). The number of aryl methyl sites for hydroxylation is 1. The van der Waals surface area contributed by atoms with Crippen molar-refractivity contribution in [2.45, 2.75) is 39.2 Å². The van der Waals surface area contributed by atoms with Crippen LogP contribution in [0.4, 0.5) is 5.69 Å². The van der Waals surface area contributed by atoms with Gasteiger partial charge >= 0.3 is 0 Å². The maximum Gasteiger partial charge on any atom is 0.260 e. The van der Waals surface area contributed by atoms with Gasteiger partial charge < -0.3 is 15.0 Å². The number of anilines is 1. The largest absolute Gasteiger partial charge is 0.483 e. The summed E-state index contributed by atoms with van der Waals surface area (Å²) in [7, 11) is 0. The van der Waals surface area contributed by atoms with Gasteiger partial charge in [0.15, 0.2) is 6.61 Å². The Labute approximate surface area is 183 Å². The fraction of sp³-hybridized carbons (Fsp3) is 0.308. The van der Waals surface area contributed by atoms with Crippen molar-refractivity contribution in [1.29, 1.82) is 0 Å². The minimum atomic E-state index is -0.256. The van der Waals surface area contributed by atoms with Crippen LogP contribution >= 0.6 is 0 Å². The lowest BCUT2D eigenvalue weighted by Gasteiger charge is -2.33. The molecule has 1 aliphatic heterocycles. The molecule has 0 aromatic heterocycles. The summed E-state index contributed by atoms with van der Waals surface area (Å²) >= 11 is 0. The number of amides is 2. The molecule has 3 aromatic rings. The summed E-state index contributed by atoms with van der Waals surface area (Å²) < 4.78 is 5.95. The second-order valence-corrected chi connectivity index (χ2v) is 8.19. The minimum absolute atomic E-state index is 0.0365. The molecule has 0 unspecified atom stereocenters. The standard InChI is InChI=1S/C26H28N2O3/c1-18-9-3-6-13-23(18)27-26(30)22-15-20-11-4-5-12-21(20)16-24(22)31-17-25(29)28-14-8-7-10-19(28)2/h3-6,9,11-13,15-16,19H,7-8,10,14,17H2,1-2H3,(H,27,30)/t19-/m1/s1. The molecular weight excluding hydrogens is 388 g/mol. The Balaban J connectivity index is 1.59. The van der Waals surface area contributed by atoms with Gasteiger partial charge in [0.25, 0.3) is 11.8 Å². The Hall–Kier alpha value is -3.34. The van der Waals surface area contributed by atoms with E-state index in [0.29, 0.717) is 11.3 Å². The van der Waals surface area contributed by atoms with Gasteiger partial charge in [-0.2, -0.15) is 0 Å². The summed E-state index contributed by atoms with van der Waals surface area (Å²) in [4.78, 5) is 27.8. The first-order valence-corrected chi connectivity index (χ1v) is 10.8. The average molecular weight is 417 g/mol. The third-order valence-electron chi connectivity index (χ3n) is 5.96. The van der Waals surface area contributed by atoms with Gasteiger partial charge in [-0.05, 0) is 67.6 Å². The molecule has 31 heavy (non-hydrogen) atoms. The molecule has 0 spiro atoms. The second kappa shape index (κ2) is 9.21. The normalized spacial score (nSPS) is 16.2. The highest BCUT2D eigenvalue weighted by atomic mass is 16.5. The lowest BCUT2D eigenvalue weighted by molar-refractivity contribution is -0.136. The maximum atomic E-state index is 13.1. The fourth-order valence-corrected chi connectivity index (χ4v) is 4.11. The number of nitrogens with one attached hydrogen (secondary N) is 1. The van der Waals surface area contributed by atoms with E-state index in [2.05, 4.69) is 12.2 Å². The van der Waals surface area contributed by atoms with E-state index >= 15 is 0 Å². The second-order valence-electron chi connectivity index (χ2n) is 8.19. The summed E-state index contributed by atoms with van der Waals surface area (Å²) in [6, 6.07) is 19.4. The number of para-hydroxylation sites is 1. The number of hydrogen-bond acceptors (Lipinski definition) is 3. The zero-order valence-corrected chi connectivity index (χ0v) is 18.1. The van der Waals surface area contributed by atoms with Crippen LogP contribution in [-0.2, 0) is 4.79 Å². The topological polar surface area (TPSA) is 58.6 Å². The van der Waals surface area contributed by atoms with Crippen LogP contribution in [-0.4, -0.2) is 35.9 Å². The van der Waals surface area contributed by atoms with Crippen molar-refractivity contribution in [3.63, 3.8) is 0 Å². The van der Waals surface area contributed by atoms with E-state index in [1.54, 1.807) is 0 Å². The smallest absolute Gasteiger partial charge is 0.260 e. The van der Waals surface area contributed by atoms with Crippen molar-refractivity contribution in [3.8, 4) is 5.75 Å². The van der Waals surface area contributed by atoms with Crippen molar-refractivity contribution in [3.05, 3.63) is 71.8 Å². The van der Waals surface area contributed by atoms with Crippen molar-refractivity contribution in [1.82, 2.24) is 4.90 Å². The predicted molar refractivity (Wildman–Crippen MR) is 124 cm³/mol. The Kier molecular flexibility index (Phi) is 6.21. The zero-order chi connectivity index (χ0) is 21.8. The molecule has 5 nitrogen and oxygen atoms in total. The molecule has 2 amide bonds. The summed E-state index contributed by atoms with van der Waals surface area (Å²) in [6.07, 6.45) is 3.20. The summed E-state index contributed by atoms with van der Waals surface area (Å²) in [6.45, 7) is 4.72. The molecule has 1 fully saturated rings. The van der Waals surface area contributed by atoms with Gasteiger partial charge in [0.05, 0.1) is 5.56 Å². The fourth-order valence-electron chi connectivity index (χ4n) is 4.11. The summed E-state index contributed by atoms with van der Waals surface area (Å²) in [5.74, 6) is 0.127. The molecular formula is C26H28N2O3. The summed E-state index contributed by atoms with van der Waals surface area (Å²) in [5.41, 5.74) is 2.15. The molecule has 5 heteroatoms. The molecule has 160 valence electrons. The third-order valence-corrected chi connectivity index (χ3v) is 5.96. The molecule has 0 saturated carbocycles. The van der Waals surface area contributed by atoms with E-state index in [1.165, 1.54) is 0 Å². The number of likely N-dealkylation sites (tertiary alicyclic amines) is 1. The number of ether oxygens (including phenoxy) is 1. The van der Waals surface area contributed by atoms with E-state index in [1.807, 2.05) is 72.5 Å². The quantitative estimate of drug-likeness (QED) is 0.623. The van der Waals surface area contributed by atoms with Crippen LogP contribution in [0.25, 0.3) is 10.8 Å². The number of carbonyl (C=O) groups excluding carboxylic acids is 2. The Bertz CT molecular complexity index is 1110. The highest BCUT2D eigenvalue weighted by molar-refractivity contribution is 6.09. The van der Waals surface area contributed by atoms with Crippen molar-refractivity contribution in [2.24, 2.45) is 0 Å². The summed E-state index contributed by atoms with van der Waals surface area (Å²) in [5, 5.41) is 4.88. The van der Waals surface area contributed by atoms with Crippen LogP contribution < -0.4 is 10.1 Å². The Morgan fingerprint density at radius 2 is 1.74 bits per heavy atom. The number of hydrogen-bond donors (Lipinski definition) is 1. The number of benzene rings is 3. The first kappa shape index (κ1) is 20.9. The minimum Gasteiger partial charge on any atom is -0.483 e. The number of piperidine rings is 1. The van der Waals surface area contributed by atoms with Crippen LogP contribution in [0, 0.1) is 6.92 Å². The first-order chi connectivity index (χ1) is 15.0. The first-order valence-electron chi connectivity index (χ1n) is 10.8. The van der Waals surface area contributed by atoms with Crippen molar-refractivity contribution in [2.75, 3.05) is 18.5 Å². The van der Waals surface area contributed by atoms with Crippen LogP contribution in [0.5, 0.6) is 5.75 Å². The van der Waals surface area contributed by atoms with Crippen molar-refractivity contribution < 1.29 is 14.3 Å². The molecule has 1 N–H and O–H groups in total. The maximum absolute atomic E-state index is 13.1. The van der Waals surface area contributed by atoms with Gasteiger partial charge in [-0.3, -0.25) is 9.59 Å². The van der Waals surface area contributed by atoms with E-state index in [0.717, 1.165) is 47.8 Å². The molecule has 3 aromatic carbocycles.